The molecule has 0 bridgehead atoms. The second kappa shape index (κ2) is 10.1. The second-order valence-electron chi connectivity index (χ2n) is 6.67. The maximum Gasteiger partial charge on any atom is 0.230 e. The van der Waals surface area contributed by atoms with Crippen molar-refractivity contribution in [2.75, 3.05) is 18.9 Å². The van der Waals surface area contributed by atoms with Crippen LogP contribution in [-0.2, 0) is 11.2 Å². The summed E-state index contributed by atoms with van der Waals surface area (Å²) in [5.74, 6) is 1.10. The van der Waals surface area contributed by atoms with E-state index in [0.29, 0.717) is 18.3 Å². The first-order valence-corrected chi connectivity index (χ1v) is 10.7. The molecule has 2 aromatic carbocycles. The Bertz CT molecular complexity index is 951. The summed E-state index contributed by atoms with van der Waals surface area (Å²) in [7, 11) is 0. The lowest BCUT2D eigenvalue weighted by Crippen LogP contribution is -2.29. The molecule has 3 aromatic rings. The van der Waals surface area contributed by atoms with Gasteiger partial charge in [0.1, 0.15) is 18.7 Å². The summed E-state index contributed by atoms with van der Waals surface area (Å²) in [6.45, 7) is 7.04. The van der Waals surface area contributed by atoms with Crippen molar-refractivity contribution in [3.8, 4) is 11.4 Å². The zero-order valence-electron chi connectivity index (χ0n) is 17.0. The molecule has 0 atom stereocenters. The van der Waals surface area contributed by atoms with Crippen LogP contribution in [0.1, 0.15) is 23.6 Å². The van der Waals surface area contributed by atoms with E-state index < -0.39 is 0 Å². The summed E-state index contributed by atoms with van der Waals surface area (Å²) in [5.41, 5.74) is 4.45. The summed E-state index contributed by atoms with van der Waals surface area (Å²) in [5, 5.41) is 11.8. The molecule has 0 unspecified atom stereocenters. The molecule has 3 rings (SSSR count). The third kappa shape index (κ3) is 5.38. The molecule has 0 saturated carbocycles. The lowest BCUT2D eigenvalue weighted by molar-refractivity contribution is -0.118. The van der Waals surface area contributed by atoms with Gasteiger partial charge < -0.3 is 10.1 Å². The van der Waals surface area contributed by atoms with Crippen molar-refractivity contribution in [3.05, 3.63) is 65.5 Å². The van der Waals surface area contributed by atoms with Crippen LogP contribution < -0.4 is 10.1 Å². The fourth-order valence-electron chi connectivity index (χ4n) is 3.08. The van der Waals surface area contributed by atoms with Crippen molar-refractivity contribution in [2.45, 2.75) is 32.3 Å². The number of ether oxygens (including phenoxy) is 1. The summed E-state index contributed by atoms with van der Waals surface area (Å²) < 4.78 is 7.75. The highest BCUT2D eigenvalue weighted by Crippen LogP contribution is 2.23. The van der Waals surface area contributed by atoms with Gasteiger partial charge in [0.25, 0.3) is 0 Å². The number of benzene rings is 2. The minimum atomic E-state index is -0.0570. The molecule has 1 N–H and O–H groups in total. The van der Waals surface area contributed by atoms with Crippen LogP contribution in [0.3, 0.4) is 0 Å². The zero-order valence-corrected chi connectivity index (χ0v) is 17.8. The monoisotopic (exact) mass is 410 g/mol. The lowest BCUT2D eigenvalue weighted by Gasteiger charge is -2.12. The van der Waals surface area contributed by atoms with E-state index in [1.165, 1.54) is 17.3 Å². The van der Waals surface area contributed by atoms with Gasteiger partial charge in [-0.15, -0.1) is 10.2 Å². The minimum absolute atomic E-state index is 0.0570. The predicted octanol–water partition coefficient (Wildman–Crippen LogP) is 3.73. The number of carbonyl (C=O) groups is 1. The number of hydrogen-bond acceptors (Lipinski definition) is 5. The van der Waals surface area contributed by atoms with E-state index >= 15 is 0 Å². The largest absolute Gasteiger partial charge is 0.491 e. The summed E-state index contributed by atoms with van der Waals surface area (Å²) in [6, 6.07) is 14.2. The number of nitrogens with one attached hydrogen (secondary N) is 1. The van der Waals surface area contributed by atoms with Gasteiger partial charge in [-0.2, -0.15) is 0 Å². The fraction of sp³-hybridized carbons (Fsp3) is 0.318. The molecule has 0 radical (unpaired) electrons. The van der Waals surface area contributed by atoms with Crippen LogP contribution in [0.15, 0.2) is 53.9 Å². The van der Waals surface area contributed by atoms with Gasteiger partial charge in [-0.1, -0.05) is 55.1 Å². The first-order valence-electron chi connectivity index (χ1n) is 9.67. The average Bonchev–Trinajstić information content (AvgIpc) is 3.19. The van der Waals surface area contributed by atoms with Crippen LogP contribution in [0, 0.1) is 13.8 Å². The Kier molecular flexibility index (Phi) is 7.30. The van der Waals surface area contributed by atoms with Gasteiger partial charge >= 0.3 is 0 Å². The Hall–Kier alpha value is -2.80. The van der Waals surface area contributed by atoms with Gasteiger partial charge in [0.05, 0.1) is 18.0 Å². The van der Waals surface area contributed by atoms with E-state index in [1.54, 1.807) is 6.33 Å². The van der Waals surface area contributed by atoms with Crippen LogP contribution in [0.4, 0.5) is 0 Å². The zero-order chi connectivity index (χ0) is 20.6. The van der Waals surface area contributed by atoms with Gasteiger partial charge in [0.15, 0.2) is 5.16 Å². The van der Waals surface area contributed by atoms with Crippen molar-refractivity contribution < 1.29 is 9.53 Å². The number of amides is 1. The first-order chi connectivity index (χ1) is 14.1. The predicted molar refractivity (Wildman–Crippen MR) is 116 cm³/mol. The van der Waals surface area contributed by atoms with E-state index in [2.05, 4.69) is 28.5 Å². The molecule has 0 spiro atoms. The molecule has 0 aliphatic rings. The Balaban J connectivity index is 1.49. The van der Waals surface area contributed by atoms with Crippen LogP contribution in [0.2, 0.25) is 0 Å². The summed E-state index contributed by atoms with van der Waals surface area (Å²) in [6.07, 6.45) is 2.60. The van der Waals surface area contributed by atoms with Gasteiger partial charge in [-0.05, 0) is 43.0 Å². The molecule has 1 amide bonds. The lowest BCUT2D eigenvalue weighted by atomic mass is 10.1. The van der Waals surface area contributed by atoms with Gasteiger partial charge in [-0.3, -0.25) is 9.36 Å². The Morgan fingerprint density at radius 2 is 1.90 bits per heavy atom. The van der Waals surface area contributed by atoms with E-state index in [-0.39, 0.29) is 11.7 Å². The van der Waals surface area contributed by atoms with Crippen molar-refractivity contribution >= 4 is 17.7 Å². The molecular formula is C22H26N4O2S. The van der Waals surface area contributed by atoms with Gasteiger partial charge in [-0.25, -0.2) is 0 Å². The van der Waals surface area contributed by atoms with Crippen LogP contribution >= 0.6 is 11.8 Å². The molecule has 0 fully saturated rings. The highest BCUT2D eigenvalue weighted by atomic mass is 32.2. The average molecular weight is 411 g/mol. The van der Waals surface area contributed by atoms with Crippen molar-refractivity contribution in [2.24, 2.45) is 0 Å². The molecule has 0 saturated heterocycles. The molecule has 1 aromatic heterocycles. The third-order valence-corrected chi connectivity index (χ3v) is 5.50. The maximum atomic E-state index is 12.2. The van der Waals surface area contributed by atoms with Crippen molar-refractivity contribution in [3.63, 3.8) is 0 Å². The van der Waals surface area contributed by atoms with Crippen molar-refractivity contribution in [1.82, 2.24) is 20.1 Å². The van der Waals surface area contributed by atoms with Crippen LogP contribution in [-0.4, -0.2) is 39.6 Å². The number of thioether (sulfide) groups is 1. The maximum absolute atomic E-state index is 12.2. The molecule has 152 valence electrons. The van der Waals surface area contributed by atoms with Gasteiger partial charge in [0.2, 0.25) is 5.91 Å². The molecule has 29 heavy (non-hydrogen) atoms. The van der Waals surface area contributed by atoms with Crippen molar-refractivity contribution in [1.29, 1.82) is 0 Å². The summed E-state index contributed by atoms with van der Waals surface area (Å²) >= 11 is 1.37. The fourth-order valence-corrected chi connectivity index (χ4v) is 3.84. The highest BCUT2D eigenvalue weighted by molar-refractivity contribution is 7.99. The molecule has 6 nitrogen and oxygen atoms in total. The molecule has 7 heteroatoms. The topological polar surface area (TPSA) is 69.0 Å². The number of carbonyl (C=O) groups excluding carboxylic acids is 1. The number of aryl methyl sites for hydroxylation is 3. The Morgan fingerprint density at radius 1 is 1.14 bits per heavy atom. The summed E-state index contributed by atoms with van der Waals surface area (Å²) in [4.78, 5) is 12.2. The van der Waals surface area contributed by atoms with E-state index in [9.17, 15) is 4.79 Å². The smallest absolute Gasteiger partial charge is 0.230 e. The number of rotatable bonds is 9. The number of hydrogen-bond donors (Lipinski definition) is 1. The molecule has 1 heterocycles. The van der Waals surface area contributed by atoms with Gasteiger partial charge in [0, 0.05) is 0 Å². The molecular weight excluding hydrogens is 384 g/mol. The van der Waals surface area contributed by atoms with E-state index in [4.69, 9.17) is 4.74 Å². The first kappa shape index (κ1) is 20.9. The normalized spacial score (nSPS) is 10.7. The number of nitrogens with zero attached hydrogens (tertiary/aromatic N) is 3. The molecule has 0 aliphatic carbocycles. The number of para-hydroxylation sites is 2. The quantitative estimate of drug-likeness (QED) is 0.430. The number of aromatic nitrogens is 3. The van der Waals surface area contributed by atoms with Crippen LogP contribution in [0.5, 0.6) is 5.75 Å². The molecule has 0 aliphatic heterocycles. The SMILES string of the molecule is CCc1ccccc1-n1cnnc1SCC(=O)NCCOc1c(C)cccc1C. The van der Waals surface area contributed by atoms with E-state index in [0.717, 1.165) is 29.0 Å². The standard InChI is InChI=1S/C22H26N4O2S/c1-4-18-10-5-6-11-19(18)26-15-24-25-22(26)29-14-20(27)23-12-13-28-21-16(2)8-7-9-17(21)3/h5-11,15H,4,12-14H2,1-3H3,(H,23,27). The Labute approximate surface area is 175 Å². The van der Waals surface area contributed by atoms with Crippen LogP contribution in [0.25, 0.3) is 5.69 Å². The van der Waals surface area contributed by atoms with E-state index in [1.807, 2.05) is 54.8 Å². The third-order valence-electron chi connectivity index (χ3n) is 4.56. The second-order valence-corrected chi connectivity index (χ2v) is 7.62. The Morgan fingerprint density at radius 3 is 2.66 bits per heavy atom. The highest BCUT2D eigenvalue weighted by Gasteiger charge is 2.12. The minimum Gasteiger partial charge on any atom is -0.491 e.